The number of rotatable bonds is 7. The Morgan fingerprint density at radius 1 is 1.17 bits per heavy atom. The van der Waals surface area contributed by atoms with Gasteiger partial charge < -0.3 is 10.6 Å². The number of nitrogens with zero attached hydrogens (tertiary/aromatic N) is 2. The molecule has 6 nitrogen and oxygen atoms in total. The first-order valence-corrected chi connectivity index (χ1v) is 9.23. The van der Waals surface area contributed by atoms with Gasteiger partial charge in [0.1, 0.15) is 0 Å². The number of imide groups is 1. The summed E-state index contributed by atoms with van der Waals surface area (Å²) in [4.78, 5) is 31.1. The molecule has 3 aliphatic rings. The molecule has 2 aliphatic carbocycles. The molecule has 1 aliphatic heterocycles. The normalized spacial score (nSPS) is 31.1. The van der Waals surface area contributed by atoms with Crippen LogP contribution in [0.1, 0.15) is 33.1 Å². The Hall–Kier alpha value is -1.85. The topological polar surface area (TPSA) is 73.8 Å². The van der Waals surface area contributed by atoms with Crippen molar-refractivity contribution in [2.24, 2.45) is 28.7 Å². The molecule has 2 fully saturated rings. The van der Waals surface area contributed by atoms with E-state index in [0.29, 0.717) is 13.1 Å². The van der Waals surface area contributed by atoms with Crippen molar-refractivity contribution in [2.45, 2.75) is 33.1 Å². The SMILES string of the molecule is CCCCN=C(NCC)NCCN1C(=O)C2C3C=CC(C3)C2C1=O. The Morgan fingerprint density at radius 3 is 2.42 bits per heavy atom. The van der Waals surface area contributed by atoms with Gasteiger partial charge in [-0.15, -0.1) is 0 Å². The Balaban J connectivity index is 1.52. The first-order chi connectivity index (χ1) is 11.7. The number of allylic oxidation sites excluding steroid dienone is 2. The molecular formula is C18H28N4O2. The Morgan fingerprint density at radius 2 is 1.83 bits per heavy atom. The van der Waals surface area contributed by atoms with E-state index in [2.05, 4.69) is 34.7 Å². The maximum absolute atomic E-state index is 12.6. The summed E-state index contributed by atoms with van der Waals surface area (Å²) in [5, 5.41) is 6.42. The predicted molar refractivity (Wildman–Crippen MR) is 93.3 cm³/mol. The van der Waals surface area contributed by atoms with Gasteiger partial charge in [0.15, 0.2) is 5.96 Å². The molecule has 0 aromatic heterocycles. The third-order valence-electron chi connectivity index (χ3n) is 5.32. The predicted octanol–water partition coefficient (Wildman–Crippen LogP) is 1.15. The molecule has 4 unspecified atom stereocenters. The summed E-state index contributed by atoms with van der Waals surface area (Å²) in [7, 11) is 0. The minimum Gasteiger partial charge on any atom is -0.357 e. The van der Waals surface area contributed by atoms with Crippen LogP contribution >= 0.6 is 0 Å². The van der Waals surface area contributed by atoms with Gasteiger partial charge in [-0.3, -0.25) is 19.5 Å². The second kappa shape index (κ2) is 7.36. The van der Waals surface area contributed by atoms with Crippen LogP contribution in [-0.2, 0) is 9.59 Å². The number of amides is 2. The van der Waals surface area contributed by atoms with E-state index in [1.807, 2.05) is 6.92 Å². The largest absolute Gasteiger partial charge is 0.357 e. The molecule has 2 N–H and O–H groups in total. The third-order valence-corrected chi connectivity index (χ3v) is 5.32. The molecule has 132 valence electrons. The maximum Gasteiger partial charge on any atom is 0.233 e. The first kappa shape index (κ1) is 17.0. The summed E-state index contributed by atoms with van der Waals surface area (Å²) >= 11 is 0. The Kier molecular flexibility index (Phi) is 5.21. The molecule has 3 rings (SSSR count). The van der Waals surface area contributed by atoms with Gasteiger partial charge in [0.25, 0.3) is 0 Å². The number of likely N-dealkylation sites (tertiary alicyclic amines) is 1. The van der Waals surface area contributed by atoms with E-state index >= 15 is 0 Å². The number of aliphatic imine (C=N–C) groups is 1. The van der Waals surface area contributed by atoms with Crippen molar-refractivity contribution in [1.82, 2.24) is 15.5 Å². The van der Waals surface area contributed by atoms with Crippen molar-refractivity contribution < 1.29 is 9.59 Å². The lowest BCUT2D eigenvalue weighted by Gasteiger charge is -2.18. The molecule has 1 saturated heterocycles. The van der Waals surface area contributed by atoms with E-state index in [1.165, 1.54) is 4.90 Å². The number of unbranched alkanes of at least 4 members (excludes halogenated alkanes) is 1. The average molecular weight is 332 g/mol. The molecular weight excluding hydrogens is 304 g/mol. The van der Waals surface area contributed by atoms with Crippen molar-refractivity contribution in [3.05, 3.63) is 12.2 Å². The van der Waals surface area contributed by atoms with Crippen molar-refractivity contribution >= 4 is 17.8 Å². The van der Waals surface area contributed by atoms with E-state index < -0.39 is 0 Å². The highest BCUT2D eigenvalue weighted by Crippen LogP contribution is 2.52. The van der Waals surface area contributed by atoms with Crippen molar-refractivity contribution in [2.75, 3.05) is 26.2 Å². The third kappa shape index (κ3) is 3.06. The number of fused-ring (bicyclic) bond motifs is 5. The smallest absolute Gasteiger partial charge is 0.233 e. The highest BCUT2D eigenvalue weighted by Gasteiger charge is 2.58. The average Bonchev–Trinajstić information content (AvgIpc) is 3.24. The molecule has 0 aromatic carbocycles. The van der Waals surface area contributed by atoms with Crippen LogP contribution in [0, 0.1) is 23.7 Å². The van der Waals surface area contributed by atoms with Gasteiger partial charge in [-0.05, 0) is 31.6 Å². The van der Waals surface area contributed by atoms with Gasteiger partial charge in [0.05, 0.1) is 11.8 Å². The number of hydrogen-bond acceptors (Lipinski definition) is 3. The molecule has 6 heteroatoms. The molecule has 1 heterocycles. The maximum atomic E-state index is 12.6. The van der Waals surface area contributed by atoms with Crippen molar-refractivity contribution in [3.63, 3.8) is 0 Å². The summed E-state index contributed by atoms with van der Waals surface area (Å²) < 4.78 is 0. The number of carbonyl (C=O) groups is 2. The van der Waals surface area contributed by atoms with Crippen LogP contribution < -0.4 is 10.6 Å². The second-order valence-electron chi connectivity index (χ2n) is 6.87. The zero-order valence-corrected chi connectivity index (χ0v) is 14.6. The van der Waals surface area contributed by atoms with Crippen LogP contribution in [0.3, 0.4) is 0 Å². The summed E-state index contributed by atoms with van der Waals surface area (Å²) in [6.07, 6.45) is 7.40. The van der Waals surface area contributed by atoms with Gasteiger partial charge in [0, 0.05) is 26.2 Å². The minimum absolute atomic E-state index is 0.0246. The molecule has 1 saturated carbocycles. The highest BCUT2D eigenvalue weighted by molar-refractivity contribution is 6.06. The van der Waals surface area contributed by atoms with E-state index in [0.717, 1.165) is 38.3 Å². The van der Waals surface area contributed by atoms with Crippen LogP contribution in [0.25, 0.3) is 0 Å². The first-order valence-electron chi connectivity index (χ1n) is 9.23. The fourth-order valence-electron chi connectivity index (χ4n) is 4.16. The summed E-state index contributed by atoms with van der Waals surface area (Å²) in [5.41, 5.74) is 0. The van der Waals surface area contributed by atoms with Crippen molar-refractivity contribution in [1.29, 1.82) is 0 Å². The monoisotopic (exact) mass is 332 g/mol. The molecule has 2 amide bonds. The fraction of sp³-hybridized carbons (Fsp3) is 0.722. The molecule has 24 heavy (non-hydrogen) atoms. The zero-order valence-electron chi connectivity index (χ0n) is 14.6. The molecule has 4 atom stereocenters. The number of nitrogens with one attached hydrogen (secondary N) is 2. The lowest BCUT2D eigenvalue weighted by molar-refractivity contribution is -0.140. The van der Waals surface area contributed by atoms with Crippen molar-refractivity contribution in [3.8, 4) is 0 Å². The van der Waals surface area contributed by atoms with Crippen LogP contribution in [0.2, 0.25) is 0 Å². The van der Waals surface area contributed by atoms with Crippen LogP contribution in [-0.4, -0.2) is 48.9 Å². The molecule has 2 bridgehead atoms. The van der Waals surface area contributed by atoms with Gasteiger partial charge in [-0.2, -0.15) is 0 Å². The number of hydrogen-bond donors (Lipinski definition) is 2. The zero-order chi connectivity index (χ0) is 17.1. The quantitative estimate of drug-likeness (QED) is 0.241. The summed E-state index contributed by atoms with van der Waals surface area (Å²) in [5.74, 6) is 1.17. The second-order valence-corrected chi connectivity index (χ2v) is 6.87. The molecule has 0 aromatic rings. The van der Waals surface area contributed by atoms with E-state index in [9.17, 15) is 9.59 Å². The fourth-order valence-corrected chi connectivity index (χ4v) is 4.16. The standard InChI is InChI=1S/C18H28N4O2/c1-3-5-8-20-18(19-4-2)21-9-10-22-16(23)14-12-6-7-13(11-12)15(14)17(22)24/h6-7,12-15H,3-5,8-11H2,1-2H3,(H2,19,20,21). The van der Waals surface area contributed by atoms with Crippen LogP contribution in [0.4, 0.5) is 0 Å². The van der Waals surface area contributed by atoms with Gasteiger partial charge in [-0.25, -0.2) is 0 Å². The lowest BCUT2D eigenvalue weighted by Crippen LogP contribution is -2.43. The van der Waals surface area contributed by atoms with Crippen LogP contribution in [0.15, 0.2) is 17.1 Å². The van der Waals surface area contributed by atoms with Gasteiger partial charge in [0.2, 0.25) is 11.8 Å². The Labute approximate surface area is 143 Å². The minimum atomic E-state index is -0.0982. The number of guanidine groups is 1. The molecule has 0 radical (unpaired) electrons. The Bertz CT molecular complexity index is 527. The summed E-state index contributed by atoms with van der Waals surface area (Å²) in [6.45, 7) is 6.69. The van der Waals surface area contributed by atoms with Gasteiger partial charge >= 0.3 is 0 Å². The highest BCUT2D eigenvalue weighted by atomic mass is 16.2. The number of carbonyl (C=O) groups excluding carboxylic acids is 2. The summed E-state index contributed by atoms with van der Waals surface area (Å²) in [6, 6.07) is 0. The van der Waals surface area contributed by atoms with Crippen LogP contribution in [0.5, 0.6) is 0 Å². The lowest BCUT2D eigenvalue weighted by atomic mass is 9.85. The van der Waals surface area contributed by atoms with Gasteiger partial charge in [-0.1, -0.05) is 25.5 Å². The van der Waals surface area contributed by atoms with E-state index in [1.54, 1.807) is 0 Å². The van der Waals surface area contributed by atoms with E-state index in [-0.39, 0.29) is 35.5 Å². The van der Waals surface area contributed by atoms with E-state index in [4.69, 9.17) is 0 Å². The molecule has 0 spiro atoms.